The van der Waals surface area contributed by atoms with E-state index in [1.165, 1.54) is 66.2 Å². The molecule has 5 radical (unpaired) electrons. The molecule has 4 fully saturated rings. The first kappa shape index (κ1) is 26.0. The Hall–Kier alpha value is -3.90. The van der Waals surface area contributed by atoms with Crippen LogP contribution in [0, 0.1) is 0 Å². The van der Waals surface area contributed by atoms with Crippen LogP contribution in [-0.4, -0.2) is 50.8 Å². The average molecular weight is 645 g/mol. The van der Waals surface area contributed by atoms with Gasteiger partial charge in [-0.25, -0.2) is 0 Å². The van der Waals surface area contributed by atoms with E-state index in [0.29, 0.717) is 6.21 Å². The van der Waals surface area contributed by atoms with Gasteiger partial charge in [-0.2, -0.15) is 0 Å². The fraction of sp³-hybridized carbons (Fsp3) is 0.0526. The van der Waals surface area contributed by atoms with Crippen LogP contribution in [0.4, 0.5) is 0 Å². The van der Waals surface area contributed by atoms with E-state index in [4.69, 9.17) is 4.52 Å². The average Bonchev–Trinajstić information content (AvgIpc) is 4.08. The molecule has 217 valence electrons. The van der Waals surface area contributed by atoms with Gasteiger partial charge < -0.3 is 0 Å². The van der Waals surface area contributed by atoms with Gasteiger partial charge >= 0.3 is 291 Å². The number of hydrogen-bond acceptors (Lipinski definition) is 1. The van der Waals surface area contributed by atoms with Gasteiger partial charge in [-0.15, -0.1) is 0 Å². The Morgan fingerprint density at radius 2 is 1.43 bits per heavy atom. The zero-order chi connectivity index (χ0) is 31.5. The zero-order valence-corrected chi connectivity index (χ0v) is 28.5. The van der Waals surface area contributed by atoms with E-state index in [1.807, 2.05) is 0 Å². The summed E-state index contributed by atoms with van der Waals surface area (Å²) in [4.78, 5) is 0. The topological polar surface area (TPSA) is 17.3 Å². The summed E-state index contributed by atoms with van der Waals surface area (Å²) < 4.78 is 8.56. The third kappa shape index (κ3) is 2.73. The standard InChI is InChI=1S/C38H23B7N2P2/c1-3-10-24(11-4-1)38(25-12-5-2-6-13-25)29-15-9-17-32-36(29)42-34-23(18-19-27-26-14-7-8-16-31(26)47(32)37(27)34)22-28-33(21-20-30(38)35(28)42)49(40-43(49)41-49)46-48-44-39-45(44)48/h1-21H,22H2/q-1. The number of fused-ring (bicyclic) bond motifs is 6. The second-order valence-electron chi connectivity index (χ2n) is 15.5. The molecule has 0 saturated carbocycles. The first-order valence-corrected chi connectivity index (χ1v) is 21.6. The fourth-order valence-corrected chi connectivity index (χ4v) is 20.4. The molecule has 0 amide bonds. The van der Waals surface area contributed by atoms with Crippen molar-refractivity contribution in [2.24, 2.45) is 4.52 Å². The van der Waals surface area contributed by atoms with Crippen LogP contribution in [0.25, 0.3) is 27.5 Å². The van der Waals surface area contributed by atoms with Crippen molar-refractivity contribution in [3.63, 3.8) is 0 Å². The molecule has 8 heterocycles. The number of para-hydroxylation sites is 1. The van der Waals surface area contributed by atoms with Crippen molar-refractivity contribution in [2.75, 3.05) is 0 Å². The number of aromatic nitrogens is 1. The monoisotopic (exact) mass is 646 g/mol. The van der Waals surface area contributed by atoms with Crippen molar-refractivity contribution in [3.8, 4) is 5.69 Å². The Morgan fingerprint density at radius 1 is 0.714 bits per heavy atom. The Balaban J connectivity index is 1.20. The molecule has 7 aromatic rings. The Kier molecular flexibility index (Phi) is 4.25. The van der Waals surface area contributed by atoms with E-state index >= 15 is 0 Å². The van der Waals surface area contributed by atoms with Crippen LogP contribution in [0.2, 0.25) is 0 Å². The molecule has 0 N–H and O–H groups in total. The minimum absolute atomic E-state index is 0.145. The first-order chi connectivity index (χ1) is 24.2. The summed E-state index contributed by atoms with van der Waals surface area (Å²) in [5.41, 5.74) is 16.9. The van der Waals surface area contributed by atoms with E-state index in [9.17, 15) is 0 Å². The molecule has 7 aliphatic rings. The van der Waals surface area contributed by atoms with Crippen molar-refractivity contribution >= 4 is 104 Å². The number of rotatable bonds is 4. The number of benzene rings is 6. The van der Waals surface area contributed by atoms with Gasteiger partial charge in [-0.05, 0) is 0 Å². The summed E-state index contributed by atoms with van der Waals surface area (Å²) in [5, 5.41) is 4.34. The van der Waals surface area contributed by atoms with Gasteiger partial charge in [0.05, 0.1) is 0 Å². The maximum atomic E-state index is 5.94. The molecule has 0 spiro atoms. The Labute approximate surface area is 289 Å². The van der Waals surface area contributed by atoms with Gasteiger partial charge in [0.25, 0.3) is 0 Å². The molecule has 49 heavy (non-hydrogen) atoms. The molecule has 6 aromatic carbocycles. The molecule has 0 unspecified atom stereocenters. The van der Waals surface area contributed by atoms with Gasteiger partial charge in [-0.1, -0.05) is 0 Å². The molecule has 14 rings (SSSR count). The molecule has 11 heteroatoms. The quantitative estimate of drug-likeness (QED) is 0.189. The summed E-state index contributed by atoms with van der Waals surface area (Å²) in [5.74, 6) is 0. The molecule has 0 aliphatic carbocycles. The number of hydrogen-bond donors (Lipinski definition) is 0. The fourth-order valence-electron chi connectivity index (χ4n) is 11.0. The minimum atomic E-state index is -2.41. The summed E-state index contributed by atoms with van der Waals surface area (Å²) in [6, 6.07) is 49.1. The van der Waals surface area contributed by atoms with Gasteiger partial charge in [0.1, 0.15) is 0 Å². The van der Waals surface area contributed by atoms with E-state index in [-0.39, 0.29) is 14.2 Å². The normalized spacial score (nSPS) is 21.0. The van der Waals surface area contributed by atoms with Gasteiger partial charge in [0.2, 0.25) is 0 Å². The van der Waals surface area contributed by atoms with Crippen LogP contribution in [0.1, 0.15) is 33.4 Å². The Bertz CT molecular complexity index is 2750. The van der Waals surface area contributed by atoms with Crippen molar-refractivity contribution in [2.45, 2.75) is 11.8 Å². The van der Waals surface area contributed by atoms with Crippen molar-refractivity contribution < 1.29 is 0 Å². The third-order valence-corrected chi connectivity index (χ3v) is 21.9. The summed E-state index contributed by atoms with van der Waals surface area (Å²) in [6.45, 7) is 5.60. The van der Waals surface area contributed by atoms with Crippen LogP contribution in [-0.2, 0) is 11.8 Å². The van der Waals surface area contributed by atoms with Crippen LogP contribution in [0.15, 0.2) is 132 Å². The molecular weight excluding hydrogens is 622 g/mol. The molecule has 0 bridgehead atoms. The van der Waals surface area contributed by atoms with Crippen molar-refractivity contribution in [3.05, 3.63) is 161 Å². The molecule has 0 atom stereocenters. The van der Waals surface area contributed by atoms with E-state index in [0.717, 1.165) is 18.8 Å². The van der Waals surface area contributed by atoms with Gasteiger partial charge in [0.15, 0.2) is 0 Å². The van der Waals surface area contributed by atoms with E-state index in [2.05, 4.69) is 153 Å². The van der Waals surface area contributed by atoms with Gasteiger partial charge in [0, 0.05) is 0 Å². The molecule has 1 aromatic heterocycles. The predicted molar refractivity (Wildman–Crippen MR) is 217 cm³/mol. The van der Waals surface area contributed by atoms with Crippen molar-refractivity contribution in [1.29, 1.82) is 0 Å². The first-order valence-electron chi connectivity index (χ1n) is 17.8. The van der Waals surface area contributed by atoms with Crippen LogP contribution < -0.4 is 21.7 Å². The second kappa shape index (κ2) is 8.02. The SMILES string of the molecule is [B]1B2[B-]P12(N=[P+]1B2[B-]B21)c1ccc2c3c1Cc1ccc4c5ccccc5n5c4c1B3c1c-5cccc1C2(c1ccccc1)c1ccccc1. The second-order valence-corrected chi connectivity index (χ2v) is 22.4. The maximum absolute atomic E-state index is 5.94. The molecule has 7 aliphatic heterocycles. The number of nitrogens with zero attached hydrogens (tertiary/aromatic N) is 2. The summed E-state index contributed by atoms with van der Waals surface area (Å²) in [7, 11) is 2.38. The predicted octanol–water partition coefficient (Wildman–Crippen LogP) is 5.01. The zero-order valence-electron chi connectivity index (χ0n) is 26.7. The molecular formula is C38H23B7N2P2-. The van der Waals surface area contributed by atoms with E-state index < -0.39 is 11.8 Å². The van der Waals surface area contributed by atoms with Gasteiger partial charge in [-0.3, -0.25) is 0 Å². The van der Waals surface area contributed by atoms with Crippen LogP contribution in [0.3, 0.4) is 0 Å². The van der Waals surface area contributed by atoms with Crippen LogP contribution >= 0.6 is 13.9 Å². The van der Waals surface area contributed by atoms with E-state index in [1.54, 1.807) is 16.3 Å². The third-order valence-electron chi connectivity index (χ3n) is 13.4. The summed E-state index contributed by atoms with van der Waals surface area (Å²) in [6.07, 6.45) is 0.863. The Morgan fingerprint density at radius 3 is 2.14 bits per heavy atom. The summed E-state index contributed by atoms with van der Waals surface area (Å²) >= 11 is 0. The molecule has 4 saturated heterocycles. The molecule has 2 nitrogen and oxygen atoms in total. The van der Waals surface area contributed by atoms with Crippen molar-refractivity contribution in [1.82, 2.24) is 4.57 Å². The van der Waals surface area contributed by atoms with Crippen LogP contribution in [0.5, 0.6) is 0 Å².